The largest absolute Gasteiger partial charge is 0.376 e. The van der Waals surface area contributed by atoms with Crippen molar-refractivity contribution in [2.24, 2.45) is 0 Å². The molecule has 0 N–H and O–H groups in total. The van der Waals surface area contributed by atoms with E-state index in [1.165, 1.54) is 35.2 Å². The van der Waals surface area contributed by atoms with Crippen LogP contribution in [0, 0.1) is 6.92 Å². The third-order valence-electron chi connectivity index (χ3n) is 5.85. The van der Waals surface area contributed by atoms with Crippen molar-refractivity contribution >= 4 is 73.1 Å². The molecule has 0 radical (unpaired) electrons. The number of carbonyl (C=O) groups is 2. The van der Waals surface area contributed by atoms with Gasteiger partial charge in [0.2, 0.25) is 0 Å². The zero-order valence-corrected chi connectivity index (χ0v) is 23.0. The van der Waals surface area contributed by atoms with E-state index in [4.69, 9.17) is 27.4 Å². The molecule has 1 aliphatic rings. The Balaban J connectivity index is 1.36. The van der Waals surface area contributed by atoms with Crippen molar-refractivity contribution < 1.29 is 22.2 Å². The Hall–Kier alpha value is -3.30. The number of fused-ring (bicyclic) bond motifs is 1. The molecule has 1 saturated heterocycles. The second kappa shape index (κ2) is 10.5. The minimum absolute atomic E-state index is 0.0422. The first-order valence-corrected chi connectivity index (χ1v) is 14.3. The van der Waals surface area contributed by atoms with E-state index in [0.717, 1.165) is 33.7 Å². The highest BCUT2D eigenvalue weighted by Crippen LogP contribution is 2.39. The van der Waals surface area contributed by atoms with E-state index >= 15 is 0 Å². The number of halogens is 2. The molecule has 0 atom stereocenters. The molecule has 0 bridgehead atoms. The highest BCUT2D eigenvalue weighted by atomic mass is 35.5. The lowest BCUT2D eigenvalue weighted by atomic mass is 10.1. The molecule has 5 rings (SSSR count). The normalized spacial score (nSPS) is 15.0. The molecule has 2 amide bonds. The van der Waals surface area contributed by atoms with Crippen LogP contribution in [-0.2, 0) is 21.5 Å². The first kappa shape index (κ1) is 26.3. The van der Waals surface area contributed by atoms with Crippen molar-refractivity contribution in [1.82, 2.24) is 4.90 Å². The predicted octanol–water partition coefficient (Wildman–Crippen LogP) is 7.46. The second-order valence-corrected chi connectivity index (χ2v) is 12.0. The maximum atomic E-state index is 13.0. The van der Waals surface area contributed by atoms with Crippen LogP contribution < -0.4 is 4.18 Å². The topological polar surface area (TPSA) is 80.8 Å². The molecule has 0 spiro atoms. The number of benzene rings is 4. The number of hydrogen-bond donors (Lipinski definition) is 0. The molecule has 0 aromatic heterocycles. The van der Waals surface area contributed by atoms with Crippen LogP contribution in [0.1, 0.15) is 16.7 Å². The average Bonchev–Trinajstić information content (AvgIpc) is 3.13. The van der Waals surface area contributed by atoms with E-state index < -0.39 is 21.3 Å². The molecule has 6 nitrogen and oxygen atoms in total. The molecule has 1 heterocycles. The fourth-order valence-electron chi connectivity index (χ4n) is 3.91. The number of nitrogens with zero attached hydrogens (tertiary/aromatic N) is 1. The van der Waals surface area contributed by atoms with Gasteiger partial charge in [0.05, 0.1) is 21.5 Å². The van der Waals surface area contributed by atoms with Gasteiger partial charge in [-0.1, -0.05) is 77.3 Å². The summed E-state index contributed by atoms with van der Waals surface area (Å²) in [5.41, 5.74) is 2.14. The molecule has 192 valence electrons. The number of amides is 2. The maximum Gasteiger partial charge on any atom is 0.339 e. The zero-order chi connectivity index (χ0) is 27.0. The SMILES string of the molecule is Cc1ccc(S(=O)(=O)Oc2c(Cl)cc(/C=C3\SC(=O)N(Cc4ccc5ccccc5c4)C3=O)cc2Cl)cc1. The first-order valence-electron chi connectivity index (χ1n) is 11.3. The van der Waals surface area contributed by atoms with Crippen molar-refractivity contribution in [2.75, 3.05) is 0 Å². The number of rotatable bonds is 6. The van der Waals surface area contributed by atoms with Gasteiger partial charge >= 0.3 is 10.1 Å². The second-order valence-electron chi connectivity index (χ2n) is 8.61. The third kappa shape index (κ3) is 5.44. The summed E-state index contributed by atoms with van der Waals surface area (Å²) in [6.45, 7) is 1.97. The summed E-state index contributed by atoms with van der Waals surface area (Å²) >= 11 is 13.4. The van der Waals surface area contributed by atoms with Crippen molar-refractivity contribution in [1.29, 1.82) is 0 Å². The fourth-order valence-corrected chi connectivity index (χ4v) is 6.39. The third-order valence-corrected chi connectivity index (χ3v) is 8.55. The van der Waals surface area contributed by atoms with E-state index in [1.807, 2.05) is 49.4 Å². The van der Waals surface area contributed by atoms with Gasteiger partial charge in [-0.2, -0.15) is 8.42 Å². The predicted molar refractivity (Wildman–Crippen MR) is 151 cm³/mol. The average molecular weight is 585 g/mol. The monoisotopic (exact) mass is 583 g/mol. The highest BCUT2D eigenvalue weighted by molar-refractivity contribution is 8.18. The van der Waals surface area contributed by atoms with Gasteiger partial charge in [-0.25, -0.2) is 0 Å². The van der Waals surface area contributed by atoms with E-state index in [0.29, 0.717) is 5.56 Å². The van der Waals surface area contributed by atoms with Gasteiger partial charge in [-0.3, -0.25) is 14.5 Å². The summed E-state index contributed by atoms with van der Waals surface area (Å²) in [7, 11) is -4.17. The smallest absolute Gasteiger partial charge is 0.339 e. The maximum absolute atomic E-state index is 13.0. The van der Waals surface area contributed by atoms with E-state index in [9.17, 15) is 18.0 Å². The first-order chi connectivity index (χ1) is 18.1. The highest BCUT2D eigenvalue weighted by Gasteiger charge is 2.35. The minimum Gasteiger partial charge on any atom is -0.376 e. The zero-order valence-electron chi connectivity index (χ0n) is 19.9. The Bertz CT molecular complexity index is 1710. The van der Waals surface area contributed by atoms with Gasteiger partial charge in [0.1, 0.15) is 4.90 Å². The van der Waals surface area contributed by atoms with Crippen molar-refractivity contribution in [2.45, 2.75) is 18.4 Å². The van der Waals surface area contributed by atoms with Gasteiger partial charge < -0.3 is 4.18 Å². The van der Waals surface area contributed by atoms with Gasteiger partial charge in [0.25, 0.3) is 11.1 Å². The van der Waals surface area contributed by atoms with Gasteiger partial charge in [0.15, 0.2) is 5.75 Å². The van der Waals surface area contributed by atoms with Crippen LogP contribution in [0.25, 0.3) is 16.8 Å². The van der Waals surface area contributed by atoms with E-state index in [2.05, 4.69) is 0 Å². The summed E-state index contributed by atoms with van der Waals surface area (Å²) in [5.74, 6) is -0.668. The summed E-state index contributed by atoms with van der Waals surface area (Å²) in [6.07, 6.45) is 1.49. The Morgan fingerprint density at radius 2 is 1.55 bits per heavy atom. The molecular weight excluding hydrogens is 565 g/mol. The van der Waals surface area contributed by atoms with Gasteiger partial charge in [0, 0.05) is 0 Å². The number of hydrogen-bond acceptors (Lipinski definition) is 6. The molecule has 0 unspecified atom stereocenters. The number of thioether (sulfide) groups is 1. The van der Waals surface area contributed by atoms with Gasteiger partial charge in [-0.15, -0.1) is 0 Å². The van der Waals surface area contributed by atoms with E-state index in [1.54, 1.807) is 12.1 Å². The summed E-state index contributed by atoms with van der Waals surface area (Å²) in [6, 6.07) is 22.6. The van der Waals surface area contributed by atoms with Crippen LogP contribution in [0.2, 0.25) is 10.0 Å². The van der Waals surface area contributed by atoms with Crippen LogP contribution in [0.15, 0.2) is 88.7 Å². The molecule has 4 aromatic carbocycles. The molecule has 0 aliphatic carbocycles. The number of carbonyl (C=O) groups excluding carboxylic acids is 2. The molecule has 10 heteroatoms. The van der Waals surface area contributed by atoms with Crippen molar-refractivity contribution in [3.63, 3.8) is 0 Å². The Morgan fingerprint density at radius 3 is 2.24 bits per heavy atom. The van der Waals surface area contributed by atoms with Crippen LogP contribution in [-0.4, -0.2) is 24.5 Å². The quantitative estimate of drug-likeness (QED) is 0.173. The fraction of sp³-hybridized carbons (Fsp3) is 0.0714. The van der Waals surface area contributed by atoms with E-state index in [-0.39, 0.29) is 32.1 Å². The van der Waals surface area contributed by atoms with Crippen LogP contribution in [0.3, 0.4) is 0 Å². The molecule has 38 heavy (non-hydrogen) atoms. The lowest BCUT2D eigenvalue weighted by molar-refractivity contribution is -0.123. The minimum atomic E-state index is -4.17. The summed E-state index contributed by atoms with van der Waals surface area (Å²) in [4.78, 5) is 27.0. The molecule has 4 aromatic rings. The molecule has 1 fully saturated rings. The number of imide groups is 1. The Kier molecular flexibility index (Phi) is 7.24. The molecule has 0 saturated carbocycles. The van der Waals surface area contributed by atoms with Gasteiger partial charge in [-0.05, 0) is 77.0 Å². The summed E-state index contributed by atoms with van der Waals surface area (Å²) in [5, 5.41) is 1.57. The summed E-state index contributed by atoms with van der Waals surface area (Å²) < 4.78 is 30.6. The van der Waals surface area contributed by atoms with Crippen molar-refractivity contribution in [3.05, 3.63) is 111 Å². The number of aryl methyl sites for hydroxylation is 1. The van der Waals surface area contributed by atoms with Crippen LogP contribution in [0.4, 0.5) is 4.79 Å². The molecular formula is C28H19Cl2NO5S2. The lowest BCUT2D eigenvalue weighted by Gasteiger charge is -2.13. The van der Waals surface area contributed by atoms with Crippen LogP contribution >= 0.6 is 35.0 Å². The molecule has 1 aliphatic heterocycles. The Morgan fingerprint density at radius 1 is 0.895 bits per heavy atom. The standard InChI is InChI=1S/C28H19Cl2NO5S2/c1-17-6-10-22(11-7-17)38(34,35)36-26-23(29)13-19(14-24(26)30)15-25-27(32)31(28(33)37-25)16-18-8-9-20-4-2-3-5-21(20)12-18/h2-15H,16H2,1H3/b25-15-. The van der Waals surface area contributed by atoms with Crippen molar-refractivity contribution in [3.8, 4) is 5.75 Å². The Labute approximate surface area is 233 Å². The van der Waals surface area contributed by atoms with Crippen LogP contribution in [0.5, 0.6) is 5.75 Å². The lowest BCUT2D eigenvalue weighted by Crippen LogP contribution is -2.27.